The maximum Gasteiger partial charge on any atom is 0.123 e. The van der Waals surface area contributed by atoms with Gasteiger partial charge in [-0.05, 0) is 44.7 Å². The van der Waals surface area contributed by atoms with Crippen LogP contribution in [0.3, 0.4) is 0 Å². The summed E-state index contributed by atoms with van der Waals surface area (Å²) in [5, 5.41) is 0.582. The van der Waals surface area contributed by atoms with Gasteiger partial charge in [0.05, 0.1) is 0 Å². The fourth-order valence-corrected chi connectivity index (χ4v) is 1.62. The number of hydrogen-bond donors (Lipinski definition) is 0. The van der Waals surface area contributed by atoms with Crippen LogP contribution in [0.2, 0.25) is 5.02 Å². The summed E-state index contributed by atoms with van der Waals surface area (Å²) in [6.45, 7) is 4.65. The smallest absolute Gasteiger partial charge is 0.123 e. The first-order valence-electron chi connectivity index (χ1n) is 5.08. The van der Waals surface area contributed by atoms with Crippen molar-refractivity contribution in [3.8, 4) is 0 Å². The monoisotopic (exact) mass is 263 g/mol. The van der Waals surface area contributed by atoms with Gasteiger partial charge in [0.25, 0.3) is 0 Å². The Hall–Kier alpha value is -0.310. The molecule has 0 unspecified atom stereocenters. The average Bonchev–Trinajstić information content (AvgIpc) is 2.23. The van der Waals surface area contributed by atoms with Crippen molar-refractivity contribution < 1.29 is 4.39 Å². The summed E-state index contributed by atoms with van der Waals surface area (Å²) < 4.78 is 13.1. The van der Waals surface area contributed by atoms with Gasteiger partial charge in [-0.15, -0.1) is 11.6 Å². The van der Waals surface area contributed by atoms with E-state index in [1.807, 2.05) is 20.9 Å². The highest BCUT2D eigenvalue weighted by atomic mass is 35.5. The molecule has 0 saturated carbocycles. The van der Waals surface area contributed by atoms with Gasteiger partial charge in [-0.3, -0.25) is 4.90 Å². The summed E-state index contributed by atoms with van der Waals surface area (Å²) in [6, 6.07) is 4.40. The van der Waals surface area contributed by atoms with Crippen LogP contribution in [-0.4, -0.2) is 23.4 Å². The minimum Gasteiger partial charge on any atom is -0.296 e. The van der Waals surface area contributed by atoms with Gasteiger partial charge in [-0.2, -0.15) is 0 Å². The molecule has 0 spiro atoms. The van der Waals surface area contributed by atoms with Crippen LogP contribution >= 0.6 is 23.2 Å². The van der Waals surface area contributed by atoms with Crippen LogP contribution < -0.4 is 0 Å². The van der Waals surface area contributed by atoms with Crippen LogP contribution in [0, 0.1) is 5.82 Å². The van der Waals surface area contributed by atoms with Crippen LogP contribution in [0.15, 0.2) is 18.2 Å². The Balaban J connectivity index is 2.84. The number of hydrogen-bond acceptors (Lipinski definition) is 1. The van der Waals surface area contributed by atoms with Gasteiger partial charge in [0, 0.05) is 23.0 Å². The first-order valence-corrected chi connectivity index (χ1v) is 5.99. The van der Waals surface area contributed by atoms with Gasteiger partial charge in [-0.1, -0.05) is 11.6 Å². The molecule has 0 aliphatic rings. The molecule has 0 heterocycles. The van der Waals surface area contributed by atoms with E-state index in [0.29, 0.717) is 17.4 Å². The number of nitrogens with zero attached hydrogens (tertiary/aromatic N) is 1. The Bertz CT molecular complexity index is 366. The Kier molecular flexibility index (Phi) is 4.60. The summed E-state index contributed by atoms with van der Waals surface area (Å²) in [4.78, 5) is 2.06. The molecule has 0 aromatic heterocycles. The summed E-state index contributed by atoms with van der Waals surface area (Å²) in [6.07, 6.45) is 0. The molecular formula is C12H16Cl2FN. The normalized spacial score (nSPS) is 12.2. The molecule has 0 saturated heterocycles. The molecule has 1 rings (SSSR count). The fraction of sp³-hybridized carbons (Fsp3) is 0.500. The second-order valence-corrected chi connectivity index (χ2v) is 5.21. The van der Waals surface area contributed by atoms with Gasteiger partial charge < -0.3 is 0 Å². The molecule has 0 bridgehead atoms. The second-order valence-electron chi connectivity index (χ2n) is 4.54. The van der Waals surface area contributed by atoms with Crippen molar-refractivity contribution in [3.05, 3.63) is 34.6 Å². The Labute approximate surface area is 106 Å². The molecule has 0 radical (unpaired) electrons. The van der Waals surface area contributed by atoms with E-state index >= 15 is 0 Å². The van der Waals surface area contributed by atoms with Crippen LogP contribution in [0.4, 0.5) is 4.39 Å². The molecule has 1 aromatic rings. The van der Waals surface area contributed by atoms with Crippen molar-refractivity contribution in [2.75, 3.05) is 12.9 Å². The zero-order chi connectivity index (χ0) is 12.3. The molecule has 0 fully saturated rings. The minimum atomic E-state index is -0.267. The molecule has 1 aromatic carbocycles. The Morgan fingerprint density at radius 1 is 1.38 bits per heavy atom. The van der Waals surface area contributed by atoms with Crippen LogP contribution in [-0.2, 0) is 6.54 Å². The van der Waals surface area contributed by atoms with E-state index in [1.165, 1.54) is 12.1 Å². The molecular weight excluding hydrogens is 248 g/mol. The third-order valence-electron chi connectivity index (χ3n) is 2.78. The van der Waals surface area contributed by atoms with E-state index in [1.54, 1.807) is 6.07 Å². The molecule has 4 heteroatoms. The van der Waals surface area contributed by atoms with Gasteiger partial charge in [0.15, 0.2) is 0 Å². The maximum atomic E-state index is 13.1. The highest BCUT2D eigenvalue weighted by Crippen LogP contribution is 2.22. The number of halogens is 3. The Morgan fingerprint density at radius 3 is 2.56 bits per heavy atom. The predicted octanol–water partition coefficient (Wildman–Crippen LogP) is 3.93. The number of rotatable bonds is 4. The summed E-state index contributed by atoms with van der Waals surface area (Å²) >= 11 is 11.9. The number of alkyl halides is 1. The lowest BCUT2D eigenvalue weighted by Gasteiger charge is -2.34. The van der Waals surface area contributed by atoms with Crippen LogP contribution in [0.1, 0.15) is 19.4 Å². The third kappa shape index (κ3) is 3.34. The van der Waals surface area contributed by atoms with E-state index in [9.17, 15) is 4.39 Å². The zero-order valence-corrected chi connectivity index (χ0v) is 11.2. The molecule has 0 N–H and O–H groups in total. The standard InChI is InChI=1S/C12H16Cl2FN/c1-12(2,8-13)16(3)7-9-6-10(15)4-5-11(9)14/h4-6H,7-8H2,1-3H3. The number of benzene rings is 1. The largest absolute Gasteiger partial charge is 0.296 e. The van der Waals surface area contributed by atoms with Gasteiger partial charge in [0.1, 0.15) is 5.82 Å². The summed E-state index contributed by atoms with van der Waals surface area (Å²) in [5.41, 5.74) is 0.638. The van der Waals surface area contributed by atoms with Crippen molar-refractivity contribution >= 4 is 23.2 Å². The minimum absolute atomic E-state index is 0.142. The van der Waals surface area contributed by atoms with E-state index < -0.39 is 0 Å². The summed E-state index contributed by atoms with van der Waals surface area (Å²) in [7, 11) is 1.95. The van der Waals surface area contributed by atoms with Crippen molar-refractivity contribution in [1.29, 1.82) is 0 Å². The lowest BCUT2D eigenvalue weighted by molar-refractivity contribution is 0.170. The molecule has 90 valence electrons. The second kappa shape index (κ2) is 5.35. The van der Waals surface area contributed by atoms with Gasteiger partial charge >= 0.3 is 0 Å². The first kappa shape index (κ1) is 13.8. The highest BCUT2D eigenvalue weighted by molar-refractivity contribution is 6.31. The van der Waals surface area contributed by atoms with E-state index in [0.717, 1.165) is 5.56 Å². The predicted molar refractivity (Wildman–Crippen MR) is 67.7 cm³/mol. The molecule has 16 heavy (non-hydrogen) atoms. The van der Waals surface area contributed by atoms with Crippen molar-refractivity contribution in [3.63, 3.8) is 0 Å². The van der Waals surface area contributed by atoms with E-state index in [-0.39, 0.29) is 11.4 Å². The molecule has 0 amide bonds. The average molecular weight is 264 g/mol. The van der Waals surface area contributed by atoms with Crippen LogP contribution in [0.5, 0.6) is 0 Å². The summed E-state index contributed by atoms with van der Waals surface area (Å²) in [5.74, 6) is 0.243. The third-order valence-corrected chi connectivity index (χ3v) is 3.80. The Morgan fingerprint density at radius 2 is 2.00 bits per heavy atom. The quantitative estimate of drug-likeness (QED) is 0.745. The van der Waals surface area contributed by atoms with Crippen LogP contribution in [0.25, 0.3) is 0 Å². The molecule has 1 nitrogen and oxygen atoms in total. The van der Waals surface area contributed by atoms with Crippen molar-refractivity contribution in [2.45, 2.75) is 25.9 Å². The van der Waals surface area contributed by atoms with Crippen molar-refractivity contribution in [1.82, 2.24) is 4.90 Å². The molecule has 0 atom stereocenters. The van der Waals surface area contributed by atoms with Gasteiger partial charge in [0.2, 0.25) is 0 Å². The topological polar surface area (TPSA) is 3.24 Å². The highest BCUT2D eigenvalue weighted by Gasteiger charge is 2.22. The van der Waals surface area contributed by atoms with E-state index in [2.05, 4.69) is 4.90 Å². The van der Waals surface area contributed by atoms with Gasteiger partial charge in [-0.25, -0.2) is 4.39 Å². The maximum absolute atomic E-state index is 13.1. The van der Waals surface area contributed by atoms with Crippen molar-refractivity contribution in [2.24, 2.45) is 0 Å². The van der Waals surface area contributed by atoms with E-state index in [4.69, 9.17) is 23.2 Å². The zero-order valence-electron chi connectivity index (χ0n) is 9.73. The molecule has 0 aliphatic heterocycles. The molecule has 0 aliphatic carbocycles. The SMILES string of the molecule is CN(Cc1cc(F)ccc1Cl)C(C)(C)CCl. The fourth-order valence-electron chi connectivity index (χ4n) is 1.24. The lowest BCUT2D eigenvalue weighted by Crippen LogP contribution is -2.42. The first-order chi connectivity index (χ1) is 7.36. The lowest BCUT2D eigenvalue weighted by atomic mass is 10.1.